The lowest BCUT2D eigenvalue weighted by atomic mass is 10.1. The Bertz CT molecular complexity index is 242. The lowest BCUT2D eigenvalue weighted by Gasteiger charge is -2.14. The van der Waals surface area contributed by atoms with E-state index < -0.39 is 0 Å². The summed E-state index contributed by atoms with van der Waals surface area (Å²) >= 11 is 0. The van der Waals surface area contributed by atoms with Gasteiger partial charge < -0.3 is 5.32 Å². The first-order valence-corrected chi connectivity index (χ1v) is 4.99. The second-order valence-corrected chi connectivity index (χ2v) is 3.36. The van der Waals surface area contributed by atoms with Crippen molar-refractivity contribution in [3.63, 3.8) is 0 Å². The average molecular weight is 181 g/mol. The standard InChI is InChI=1S/C10H19N3/c1-4-6-11-10(5-2)9-7-12-13(3)8-9/h7-8,10-11H,4-6H2,1-3H3. The Morgan fingerprint density at radius 2 is 2.31 bits per heavy atom. The van der Waals surface area contributed by atoms with Crippen molar-refractivity contribution >= 4 is 0 Å². The maximum Gasteiger partial charge on any atom is 0.0537 e. The molecule has 0 spiro atoms. The van der Waals surface area contributed by atoms with E-state index in [4.69, 9.17) is 0 Å². The van der Waals surface area contributed by atoms with E-state index >= 15 is 0 Å². The Balaban J connectivity index is 2.56. The van der Waals surface area contributed by atoms with Gasteiger partial charge in [-0.3, -0.25) is 4.68 Å². The summed E-state index contributed by atoms with van der Waals surface area (Å²) in [5.74, 6) is 0. The molecule has 13 heavy (non-hydrogen) atoms. The van der Waals surface area contributed by atoms with Gasteiger partial charge in [0.15, 0.2) is 0 Å². The second kappa shape index (κ2) is 5.02. The van der Waals surface area contributed by atoms with E-state index in [-0.39, 0.29) is 0 Å². The first-order chi connectivity index (χ1) is 6.27. The van der Waals surface area contributed by atoms with Crippen LogP contribution in [0.5, 0.6) is 0 Å². The van der Waals surface area contributed by atoms with Crippen LogP contribution in [-0.2, 0) is 7.05 Å². The molecule has 0 saturated carbocycles. The van der Waals surface area contributed by atoms with E-state index in [1.165, 1.54) is 12.0 Å². The molecule has 3 heteroatoms. The van der Waals surface area contributed by atoms with Gasteiger partial charge in [0.25, 0.3) is 0 Å². The van der Waals surface area contributed by atoms with Gasteiger partial charge in [0, 0.05) is 24.8 Å². The predicted octanol–water partition coefficient (Wildman–Crippen LogP) is 1.87. The topological polar surface area (TPSA) is 29.9 Å². The van der Waals surface area contributed by atoms with Crippen LogP contribution >= 0.6 is 0 Å². The highest BCUT2D eigenvalue weighted by Crippen LogP contribution is 2.14. The molecule has 0 bridgehead atoms. The zero-order chi connectivity index (χ0) is 9.68. The molecule has 0 aliphatic carbocycles. The number of hydrogen-bond donors (Lipinski definition) is 1. The lowest BCUT2D eigenvalue weighted by molar-refractivity contribution is 0.518. The minimum atomic E-state index is 0.466. The first-order valence-electron chi connectivity index (χ1n) is 4.99. The van der Waals surface area contributed by atoms with Gasteiger partial charge in [-0.15, -0.1) is 0 Å². The summed E-state index contributed by atoms with van der Waals surface area (Å²) in [5, 5.41) is 7.67. The van der Waals surface area contributed by atoms with Crippen molar-refractivity contribution in [3.05, 3.63) is 18.0 Å². The number of aryl methyl sites for hydroxylation is 1. The summed E-state index contributed by atoms with van der Waals surface area (Å²) in [6.45, 7) is 5.46. The largest absolute Gasteiger partial charge is 0.310 e. The summed E-state index contributed by atoms with van der Waals surface area (Å²) in [6, 6.07) is 0.466. The van der Waals surface area contributed by atoms with Crippen molar-refractivity contribution in [2.75, 3.05) is 6.54 Å². The lowest BCUT2D eigenvalue weighted by Crippen LogP contribution is -2.20. The highest BCUT2D eigenvalue weighted by molar-refractivity contribution is 5.09. The fraction of sp³-hybridized carbons (Fsp3) is 0.700. The Kier molecular flexibility index (Phi) is 3.96. The molecule has 1 heterocycles. The summed E-state index contributed by atoms with van der Waals surface area (Å²) in [5.41, 5.74) is 1.29. The minimum absolute atomic E-state index is 0.466. The number of nitrogens with one attached hydrogen (secondary N) is 1. The zero-order valence-corrected chi connectivity index (χ0v) is 8.75. The Morgan fingerprint density at radius 1 is 1.54 bits per heavy atom. The summed E-state index contributed by atoms with van der Waals surface area (Å²) in [7, 11) is 1.95. The molecule has 0 fully saturated rings. The van der Waals surface area contributed by atoms with Gasteiger partial charge in [0.1, 0.15) is 0 Å². The van der Waals surface area contributed by atoms with E-state index in [9.17, 15) is 0 Å². The fourth-order valence-electron chi connectivity index (χ4n) is 1.44. The normalized spacial score (nSPS) is 13.2. The van der Waals surface area contributed by atoms with Crippen LogP contribution in [0.2, 0.25) is 0 Å². The fourth-order valence-corrected chi connectivity index (χ4v) is 1.44. The van der Waals surface area contributed by atoms with Crippen molar-refractivity contribution in [3.8, 4) is 0 Å². The molecule has 0 radical (unpaired) electrons. The van der Waals surface area contributed by atoms with E-state index in [0.717, 1.165) is 13.0 Å². The Hall–Kier alpha value is -0.830. The number of nitrogens with zero attached hydrogens (tertiary/aromatic N) is 2. The van der Waals surface area contributed by atoms with Crippen molar-refractivity contribution in [1.29, 1.82) is 0 Å². The van der Waals surface area contributed by atoms with E-state index in [0.29, 0.717) is 6.04 Å². The molecule has 0 amide bonds. The van der Waals surface area contributed by atoms with Gasteiger partial charge in [0.2, 0.25) is 0 Å². The molecule has 74 valence electrons. The van der Waals surface area contributed by atoms with Crippen LogP contribution in [-0.4, -0.2) is 16.3 Å². The van der Waals surface area contributed by atoms with Crippen LogP contribution in [0.4, 0.5) is 0 Å². The molecule has 1 aromatic heterocycles. The minimum Gasteiger partial charge on any atom is -0.310 e. The van der Waals surface area contributed by atoms with Gasteiger partial charge in [0.05, 0.1) is 6.20 Å². The maximum atomic E-state index is 4.17. The van der Waals surface area contributed by atoms with Gasteiger partial charge in [-0.05, 0) is 19.4 Å². The Morgan fingerprint density at radius 3 is 2.77 bits per heavy atom. The van der Waals surface area contributed by atoms with E-state index in [2.05, 4.69) is 30.5 Å². The van der Waals surface area contributed by atoms with Gasteiger partial charge in [-0.25, -0.2) is 0 Å². The molecule has 3 nitrogen and oxygen atoms in total. The third kappa shape index (κ3) is 2.84. The SMILES string of the molecule is CCCNC(CC)c1cnn(C)c1. The van der Waals surface area contributed by atoms with Crippen LogP contribution in [0, 0.1) is 0 Å². The van der Waals surface area contributed by atoms with Crippen LogP contribution in [0.3, 0.4) is 0 Å². The molecule has 1 unspecified atom stereocenters. The molecule has 1 rings (SSSR count). The molecular weight excluding hydrogens is 162 g/mol. The monoisotopic (exact) mass is 181 g/mol. The predicted molar refractivity (Wildman–Crippen MR) is 54.5 cm³/mol. The molecule has 0 aromatic carbocycles. The molecular formula is C10H19N3. The number of hydrogen-bond acceptors (Lipinski definition) is 2. The summed E-state index contributed by atoms with van der Waals surface area (Å²) in [6.07, 6.45) is 6.32. The zero-order valence-electron chi connectivity index (χ0n) is 8.75. The molecule has 1 atom stereocenters. The third-order valence-electron chi connectivity index (χ3n) is 2.18. The number of rotatable bonds is 5. The van der Waals surface area contributed by atoms with Crippen molar-refractivity contribution in [1.82, 2.24) is 15.1 Å². The summed E-state index contributed by atoms with van der Waals surface area (Å²) < 4.78 is 1.85. The highest BCUT2D eigenvalue weighted by Gasteiger charge is 2.08. The first kappa shape index (κ1) is 10.3. The Labute approximate surface area is 80.1 Å². The van der Waals surface area contributed by atoms with E-state index in [1.54, 1.807) is 0 Å². The van der Waals surface area contributed by atoms with Crippen LogP contribution in [0.15, 0.2) is 12.4 Å². The van der Waals surface area contributed by atoms with Crippen LogP contribution < -0.4 is 5.32 Å². The van der Waals surface area contributed by atoms with Crippen LogP contribution in [0.1, 0.15) is 38.3 Å². The van der Waals surface area contributed by atoms with Crippen molar-refractivity contribution in [2.24, 2.45) is 7.05 Å². The number of aromatic nitrogens is 2. The molecule has 1 aromatic rings. The van der Waals surface area contributed by atoms with E-state index in [1.807, 2.05) is 17.9 Å². The molecule has 0 saturated heterocycles. The molecule has 0 aliphatic rings. The molecule has 0 aliphatic heterocycles. The van der Waals surface area contributed by atoms with Crippen LogP contribution in [0.25, 0.3) is 0 Å². The second-order valence-electron chi connectivity index (χ2n) is 3.36. The van der Waals surface area contributed by atoms with Gasteiger partial charge in [-0.2, -0.15) is 5.10 Å². The van der Waals surface area contributed by atoms with Gasteiger partial charge in [-0.1, -0.05) is 13.8 Å². The molecule has 1 N–H and O–H groups in total. The quantitative estimate of drug-likeness (QED) is 0.751. The highest BCUT2D eigenvalue weighted by atomic mass is 15.2. The smallest absolute Gasteiger partial charge is 0.0537 e. The van der Waals surface area contributed by atoms with Gasteiger partial charge >= 0.3 is 0 Å². The average Bonchev–Trinajstić information content (AvgIpc) is 2.54. The summed E-state index contributed by atoms with van der Waals surface area (Å²) in [4.78, 5) is 0. The van der Waals surface area contributed by atoms with Crippen molar-refractivity contribution in [2.45, 2.75) is 32.7 Å². The third-order valence-corrected chi connectivity index (χ3v) is 2.18. The van der Waals surface area contributed by atoms with Crippen molar-refractivity contribution < 1.29 is 0 Å². The maximum absolute atomic E-state index is 4.17.